The quantitative estimate of drug-likeness (QED) is 0.547. The third-order valence-corrected chi connectivity index (χ3v) is 0.961. The monoisotopic (exact) mass is 125 g/mol. The molecule has 0 aromatic carbocycles. The molecule has 0 aliphatic carbocycles. The van der Waals surface area contributed by atoms with Gasteiger partial charge in [0.05, 0.1) is 12.1 Å². The minimum absolute atomic E-state index is 0.320. The van der Waals surface area contributed by atoms with E-state index in [1.807, 2.05) is 6.92 Å². The van der Waals surface area contributed by atoms with Crippen molar-refractivity contribution in [3.8, 4) is 0 Å². The Labute approximate surface area is 52.7 Å². The molecule has 9 heavy (non-hydrogen) atoms. The van der Waals surface area contributed by atoms with Gasteiger partial charge in [-0.05, 0) is 6.92 Å². The zero-order valence-electron chi connectivity index (χ0n) is 5.13. The van der Waals surface area contributed by atoms with Crippen LogP contribution in [-0.4, -0.2) is 11.4 Å². The summed E-state index contributed by atoms with van der Waals surface area (Å²) in [5.74, 6) is 0.627. The topological polar surface area (TPSA) is 43.1 Å². The predicted octanol–water partition coefficient (Wildman–Crippen LogP) is 0.724. The number of aldehydes is 1. The largest absolute Gasteiger partial charge is 0.361 e. The molecule has 1 rings (SSSR count). The van der Waals surface area contributed by atoms with E-state index in [0.29, 0.717) is 12.2 Å². The molecule has 0 radical (unpaired) electrons. The van der Waals surface area contributed by atoms with Gasteiger partial charge in [-0.2, -0.15) is 0 Å². The Morgan fingerprint density at radius 1 is 1.89 bits per heavy atom. The Balaban J connectivity index is 2.72. The zero-order valence-corrected chi connectivity index (χ0v) is 5.13. The number of carbonyl (C=O) groups excluding carboxylic acids is 1. The Bertz CT molecular complexity index is 205. The van der Waals surface area contributed by atoms with E-state index in [2.05, 4.69) is 5.16 Å². The van der Waals surface area contributed by atoms with Crippen LogP contribution in [0, 0.1) is 6.92 Å². The summed E-state index contributed by atoms with van der Waals surface area (Å²) in [6.45, 7) is 1.82. The minimum atomic E-state index is 0.320. The van der Waals surface area contributed by atoms with E-state index in [4.69, 9.17) is 4.52 Å². The van der Waals surface area contributed by atoms with Gasteiger partial charge in [0, 0.05) is 6.07 Å². The molecule has 1 aromatic heterocycles. The van der Waals surface area contributed by atoms with Gasteiger partial charge in [-0.15, -0.1) is 0 Å². The van der Waals surface area contributed by atoms with Gasteiger partial charge in [-0.25, -0.2) is 0 Å². The maximum atomic E-state index is 9.90. The van der Waals surface area contributed by atoms with Crippen molar-refractivity contribution in [1.29, 1.82) is 0 Å². The number of hydrogen-bond donors (Lipinski definition) is 0. The van der Waals surface area contributed by atoms with Crippen molar-refractivity contribution in [3.05, 3.63) is 17.5 Å². The van der Waals surface area contributed by atoms with Gasteiger partial charge < -0.3 is 9.32 Å². The van der Waals surface area contributed by atoms with Gasteiger partial charge in [0.2, 0.25) is 0 Å². The molecule has 0 unspecified atom stereocenters. The molecular formula is C6H7NO2. The van der Waals surface area contributed by atoms with Crippen molar-refractivity contribution in [2.75, 3.05) is 0 Å². The van der Waals surface area contributed by atoms with Crippen molar-refractivity contribution in [3.63, 3.8) is 0 Å². The second-order valence-corrected chi connectivity index (χ2v) is 1.81. The molecule has 0 aliphatic rings. The third-order valence-electron chi connectivity index (χ3n) is 0.961. The van der Waals surface area contributed by atoms with Crippen LogP contribution in [0.4, 0.5) is 0 Å². The Hall–Kier alpha value is -1.12. The fourth-order valence-corrected chi connectivity index (χ4v) is 0.595. The number of aryl methyl sites for hydroxylation is 1. The fraction of sp³-hybridized carbons (Fsp3) is 0.333. The van der Waals surface area contributed by atoms with Crippen LogP contribution in [0.1, 0.15) is 11.5 Å². The molecule has 3 heteroatoms. The molecule has 1 aromatic rings. The molecule has 3 nitrogen and oxygen atoms in total. The van der Waals surface area contributed by atoms with Gasteiger partial charge in [0.15, 0.2) is 0 Å². The highest BCUT2D eigenvalue weighted by Gasteiger charge is 1.96. The van der Waals surface area contributed by atoms with Crippen molar-refractivity contribution in [1.82, 2.24) is 5.16 Å². The molecule has 0 N–H and O–H groups in total. The van der Waals surface area contributed by atoms with Crippen molar-refractivity contribution < 1.29 is 9.32 Å². The van der Waals surface area contributed by atoms with Crippen LogP contribution in [0.15, 0.2) is 10.6 Å². The molecule has 0 aliphatic heterocycles. The molecule has 0 saturated heterocycles. The highest BCUT2D eigenvalue weighted by Crippen LogP contribution is 2.00. The van der Waals surface area contributed by atoms with Crippen LogP contribution < -0.4 is 0 Å². The summed E-state index contributed by atoms with van der Waals surface area (Å²) < 4.78 is 4.72. The van der Waals surface area contributed by atoms with Crippen LogP contribution in [0.3, 0.4) is 0 Å². The smallest absolute Gasteiger partial charge is 0.144 e. The summed E-state index contributed by atoms with van der Waals surface area (Å²) in [5.41, 5.74) is 0.812. The summed E-state index contributed by atoms with van der Waals surface area (Å²) in [6, 6.07) is 1.74. The third kappa shape index (κ3) is 1.38. The molecule has 48 valence electrons. The van der Waals surface area contributed by atoms with Gasteiger partial charge in [-0.3, -0.25) is 0 Å². The second kappa shape index (κ2) is 2.44. The first-order valence-electron chi connectivity index (χ1n) is 2.69. The van der Waals surface area contributed by atoms with Crippen molar-refractivity contribution in [2.24, 2.45) is 0 Å². The summed E-state index contributed by atoms with van der Waals surface area (Å²) in [7, 11) is 0. The lowest BCUT2D eigenvalue weighted by Crippen LogP contribution is -1.78. The molecule has 0 fully saturated rings. The van der Waals surface area contributed by atoms with E-state index in [-0.39, 0.29) is 0 Å². The van der Waals surface area contributed by atoms with E-state index in [0.717, 1.165) is 12.0 Å². The zero-order chi connectivity index (χ0) is 6.69. The van der Waals surface area contributed by atoms with Crippen LogP contribution >= 0.6 is 0 Å². The molecule has 0 bridgehead atoms. The van der Waals surface area contributed by atoms with Gasteiger partial charge in [0.1, 0.15) is 12.0 Å². The average molecular weight is 125 g/mol. The Morgan fingerprint density at radius 2 is 2.67 bits per heavy atom. The van der Waals surface area contributed by atoms with Crippen LogP contribution in [-0.2, 0) is 11.2 Å². The first-order valence-corrected chi connectivity index (χ1v) is 2.69. The molecule has 0 spiro atoms. The molecule has 1 heterocycles. The minimum Gasteiger partial charge on any atom is -0.361 e. The lowest BCUT2D eigenvalue weighted by molar-refractivity contribution is -0.107. The lowest BCUT2D eigenvalue weighted by atomic mass is 10.3. The normalized spacial score (nSPS) is 9.44. The highest BCUT2D eigenvalue weighted by atomic mass is 16.5. The van der Waals surface area contributed by atoms with E-state index in [1.165, 1.54) is 0 Å². The maximum absolute atomic E-state index is 9.90. The maximum Gasteiger partial charge on any atom is 0.144 e. The van der Waals surface area contributed by atoms with Crippen molar-refractivity contribution >= 4 is 6.29 Å². The average Bonchev–Trinajstić information content (AvgIpc) is 2.17. The van der Waals surface area contributed by atoms with E-state index < -0.39 is 0 Å². The summed E-state index contributed by atoms with van der Waals surface area (Å²) in [6.07, 6.45) is 1.11. The van der Waals surface area contributed by atoms with E-state index >= 15 is 0 Å². The van der Waals surface area contributed by atoms with Crippen molar-refractivity contribution in [2.45, 2.75) is 13.3 Å². The SMILES string of the molecule is Cc1cc(CC=O)on1. The first kappa shape index (κ1) is 6.01. The van der Waals surface area contributed by atoms with Crippen LogP contribution in [0.5, 0.6) is 0 Å². The Kier molecular flexibility index (Phi) is 1.63. The molecular weight excluding hydrogens is 118 g/mol. The number of nitrogens with zero attached hydrogens (tertiary/aromatic N) is 1. The number of aromatic nitrogens is 1. The number of hydrogen-bond acceptors (Lipinski definition) is 3. The van der Waals surface area contributed by atoms with Gasteiger partial charge >= 0.3 is 0 Å². The summed E-state index contributed by atoms with van der Waals surface area (Å²) >= 11 is 0. The first-order chi connectivity index (χ1) is 4.33. The summed E-state index contributed by atoms with van der Waals surface area (Å²) in [4.78, 5) is 9.90. The second-order valence-electron chi connectivity index (χ2n) is 1.81. The van der Waals surface area contributed by atoms with E-state index in [9.17, 15) is 4.79 Å². The molecule has 0 saturated carbocycles. The number of carbonyl (C=O) groups is 1. The Morgan fingerprint density at radius 3 is 3.11 bits per heavy atom. The molecule has 0 atom stereocenters. The lowest BCUT2D eigenvalue weighted by Gasteiger charge is -1.76. The molecule has 0 amide bonds. The predicted molar refractivity (Wildman–Crippen MR) is 31.0 cm³/mol. The van der Waals surface area contributed by atoms with Gasteiger partial charge in [-0.1, -0.05) is 5.16 Å². The van der Waals surface area contributed by atoms with Crippen LogP contribution in [0.2, 0.25) is 0 Å². The standard InChI is InChI=1S/C6H7NO2/c1-5-4-6(2-3-8)9-7-5/h3-4H,2H2,1H3. The van der Waals surface area contributed by atoms with E-state index in [1.54, 1.807) is 6.07 Å². The fourth-order valence-electron chi connectivity index (χ4n) is 0.595. The highest BCUT2D eigenvalue weighted by molar-refractivity contribution is 5.53. The van der Waals surface area contributed by atoms with Crippen LogP contribution in [0.25, 0.3) is 0 Å². The summed E-state index contributed by atoms with van der Waals surface area (Å²) in [5, 5.41) is 3.60. The van der Waals surface area contributed by atoms with Gasteiger partial charge in [0.25, 0.3) is 0 Å². The number of rotatable bonds is 2.